The molecule has 1 amide bonds. The molecule has 0 atom stereocenters. The summed E-state index contributed by atoms with van der Waals surface area (Å²) < 4.78 is 3.89. The normalized spacial score (nSPS) is 16.9. The second kappa shape index (κ2) is 6.01. The zero-order chi connectivity index (χ0) is 8.69. The summed E-state index contributed by atoms with van der Waals surface area (Å²) in [6.07, 6.45) is 5.20. The zero-order valence-corrected chi connectivity index (χ0v) is 7.30. The fourth-order valence-corrected chi connectivity index (χ4v) is 1.13. The van der Waals surface area contributed by atoms with Crippen molar-refractivity contribution in [3.8, 4) is 0 Å². The first-order valence-corrected chi connectivity index (χ1v) is 4.00. The van der Waals surface area contributed by atoms with Gasteiger partial charge in [-0.15, -0.1) is 0 Å². The van der Waals surface area contributed by atoms with Gasteiger partial charge in [0.1, 0.15) is 0 Å². The molecule has 0 aromatic carbocycles. The highest BCUT2D eigenvalue weighted by molar-refractivity contribution is 5.64. The molecule has 0 heterocycles. The molecule has 11 heavy (non-hydrogen) atoms. The first-order valence-electron chi connectivity index (χ1n) is 4.00. The minimum atomic E-state index is -0.745. The average Bonchev–Trinajstić information content (AvgIpc) is 2.41. The van der Waals surface area contributed by atoms with E-state index in [-0.39, 0.29) is 1.43 Å². The lowest BCUT2D eigenvalue weighted by Gasteiger charge is -1.91. The van der Waals surface area contributed by atoms with Crippen molar-refractivity contribution in [3.63, 3.8) is 0 Å². The van der Waals surface area contributed by atoms with Crippen LogP contribution in [0.25, 0.3) is 0 Å². The number of primary amides is 1. The molecule has 0 aromatic rings. The topological polar surface area (TPSA) is 52.3 Å². The van der Waals surface area contributed by atoms with Crippen molar-refractivity contribution >= 4 is 6.09 Å². The van der Waals surface area contributed by atoms with Gasteiger partial charge in [0, 0.05) is 1.43 Å². The summed E-state index contributed by atoms with van der Waals surface area (Å²) >= 11 is 0. The van der Waals surface area contributed by atoms with Gasteiger partial charge in [-0.05, 0) is 5.92 Å². The Kier molecular flexibility index (Phi) is 5.61. The molecule has 2 N–H and O–H groups in total. The molecule has 1 saturated carbocycles. The number of nitrogens with two attached hydrogens (primary N) is 1. The third-order valence-electron chi connectivity index (χ3n) is 1.85. The Morgan fingerprint density at radius 2 is 1.91 bits per heavy atom. The summed E-state index contributed by atoms with van der Waals surface area (Å²) in [7, 11) is 1.22. The highest BCUT2D eigenvalue weighted by atomic mass is 16.5. The lowest BCUT2D eigenvalue weighted by Crippen LogP contribution is -2.08. The van der Waals surface area contributed by atoms with E-state index in [0.29, 0.717) is 0 Å². The minimum Gasteiger partial charge on any atom is -0.453 e. The molecule has 0 unspecified atom stereocenters. The maximum atomic E-state index is 9.37. The van der Waals surface area contributed by atoms with Crippen LogP contribution in [0.15, 0.2) is 0 Å². The fourth-order valence-electron chi connectivity index (χ4n) is 1.13. The van der Waals surface area contributed by atoms with E-state index in [1.165, 1.54) is 32.8 Å². The number of rotatable bonds is 0. The van der Waals surface area contributed by atoms with E-state index in [1.54, 1.807) is 0 Å². The number of amides is 1. The molecule has 1 fully saturated rings. The van der Waals surface area contributed by atoms with Crippen LogP contribution in [0.2, 0.25) is 0 Å². The van der Waals surface area contributed by atoms with E-state index < -0.39 is 6.09 Å². The number of hydrogen-bond acceptors (Lipinski definition) is 2. The van der Waals surface area contributed by atoms with Gasteiger partial charge in [-0.25, -0.2) is 4.79 Å². The van der Waals surface area contributed by atoms with Gasteiger partial charge in [0.25, 0.3) is 0 Å². The molecular formula is C8H19NO2. The summed E-state index contributed by atoms with van der Waals surface area (Å²) in [6, 6.07) is 0. The standard InChI is InChI=1S/C6H12.C2H5NO2.H2/c1-6-4-2-3-5-6;1-5-2(3)4;/h6H,2-5H2,1H3;1H3,(H2,3,4);1H. The zero-order valence-electron chi connectivity index (χ0n) is 7.30. The van der Waals surface area contributed by atoms with Crippen molar-refractivity contribution in [2.75, 3.05) is 7.11 Å². The molecule has 0 bridgehead atoms. The molecule has 0 saturated heterocycles. The van der Waals surface area contributed by atoms with Gasteiger partial charge >= 0.3 is 6.09 Å². The first-order chi connectivity index (χ1) is 5.16. The van der Waals surface area contributed by atoms with Crippen LogP contribution >= 0.6 is 0 Å². The molecule has 68 valence electrons. The van der Waals surface area contributed by atoms with Crippen LogP contribution in [0.1, 0.15) is 34.0 Å². The highest BCUT2D eigenvalue weighted by Gasteiger charge is 2.07. The number of carbonyl (C=O) groups is 1. The summed E-state index contributed by atoms with van der Waals surface area (Å²) in [6.45, 7) is 2.34. The van der Waals surface area contributed by atoms with Crippen molar-refractivity contribution < 1.29 is 11.0 Å². The Labute approximate surface area is 69.4 Å². The largest absolute Gasteiger partial charge is 0.453 e. The van der Waals surface area contributed by atoms with Crippen molar-refractivity contribution in [1.82, 2.24) is 0 Å². The summed E-state index contributed by atoms with van der Waals surface area (Å²) in [5.41, 5.74) is 4.43. The molecule has 0 aliphatic heterocycles. The Hall–Kier alpha value is -0.730. The van der Waals surface area contributed by atoms with E-state index >= 15 is 0 Å². The smallest absolute Gasteiger partial charge is 0.404 e. The van der Waals surface area contributed by atoms with Crippen LogP contribution in [0.5, 0.6) is 0 Å². The lowest BCUT2D eigenvalue weighted by atomic mass is 10.2. The monoisotopic (exact) mass is 161 g/mol. The molecule has 1 rings (SSSR count). The van der Waals surface area contributed by atoms with Gasteiger partial charge < -0.3 is 10.5 Å². The van der Waals surface area contributed by atoms with Crippen LogP contribution in [-0.4, -0.2) is 13.2 Å². The third kappa shape index (κ3) is 7.16. The predicted octanol–water partition coefficient (Wildman–Crippen LogP) is 2.15. The molecule has 0 aromatic heterocycles. The van der Waals surface area contributed by atoms with Crippen molar-refractivity contribution in [3.05, 3.63) is 0 Å². The highest BCUT2D eigenvalue weighted by Crippen LogP contribution is 2.22. The second-order valence-electron chi connectivity index (χ2n) is 2.91. The number of carbonyl (C=O) groups excluding carboxylic acids is 1. The van der Waals surface area contributed by atoms with E-state index in [0.717, 1.165) is 5.92 Å². The van der Waals surface area contributed by atoms with E-state index in [1.807, 2.05) is 0 Å². The number of ether oxygens (including phenoxy) is 1. The van der Waals surface area contributed by atoms with Crippen molar-refractivity contribution in [2.45, 2.75) is 32.6 Å². The lowest BCUT2D eigenvalue weighted by molar-refractivity contribution is 0.182. The summed E-state index contributed by atoms with van der Waals surface area (Å²) in [5, 5.41) is 0. The van der Waals surface area contributed by atoms with Crippen LogP contribution in [0, 0.1) is 5.92 Å². The van der Waals surface area contributed by atoms with E-state index in [4.69, 9.17) is 0 Å². The molecule has 0 radical (unpaired) electrons. The average molecular weight is 161 g/mol. The minimum absolute atomic E-state index is 0. The SMILES string of the molecule is CC1CCCC1.COC(N)=O.[HH]. The van der Waals surface area contributed by atoms with Gasteiger partial charge in [0.15, 0.2) is 0 Å². The summed E-state index contributed by atoms with van der Waals surface area (Å²) in [4.78, 5) is 9.37. The third-order valence-corrected chi connectivity index (χ3v) is 1.85. The van der Waals surface area contributed by atoms with Crippen molar-refractivity contribution in [2.24, 2.45) is 11.7 Å². The van der Waals surface area contributed by atoms with E-state index in [9.17, 15) is 4.79 Å². The van der Waals surface area contributed by atoms with Crippen LogP contribution in [-0.2, 0) is 4.74 Å². The number of methoxy groups -OCH3 is 1. The maximum Gasteiger partial charge on any atom is 0.404 e. The van der Waals surface area contributed by atoms with Gasteiger partial charge in [0.05, 0.1) is 7.11 Å². The second-order valence-corrected chi connectivity index (χ2v) is 2.91. The van der Waals surface area contributed by atoms with Crippen LogP contribution in [0.4, 0.5) is 4.79 Å². The molecule has 3 heteroatoms. The van der Waals surface area contributed by atoms with Gasteiger partial charge in [0.2, 0.25) is 0 Å². The molecular weight excluding hydrogens is 142 g/mol. The molecule has 0 spiro atoms. The Morgan fingerprint density at radius 3 is 2.00 bits per heavy atom. The molecule has 3 nitrogen and oxygen atoms in total. The first kappa shape index (κ1) is 10.3. The van der Waals surface area contributed by atoms with Crippen LogP contribution in [0.3, 0.4) is 0 Å². The van der Waals surface area contributed by atoms with E-state index in [2.05, 4.69) is 17.4 Å². The van der Waals surface area contributed by atoms with Crippen LogP contribution < -0.4 is 5.73 Å². The van der Waals surface area contributed by atoms with Crippen molar-refractivity contribution in [1.29, 1.82) is 0 Å². The number of hydrogen-bond donors (Lipinski definition) is 1. The van der Waals surface area contributed by atoms with Gasteiger partial charge in [-0.3, -0.25) is 0 Å². The Morgan fingerprint density at radius 1 is 1.55 bits per heavy atom. The van der Waals surface area contributed by atoms with Gasteiger partial charge in [-0.2, -0.15) is 0 Å². The quantitative estimate of drug-likeness (QED) is 0.591. The molecule has 1 aliphatic rings. The van der Waals surface area contributed by atoms with Gasteiger partial charge in [-0.1, -0.05) is 32.6 Å². The maximum absolute atomic E-state index is 9.37. The molecule has 1 aliphatic carbocycles. The summed E-state index contributed by atoms with van der Waals surface area (Å²) in [5.74, 6) is 1.05. The Bertz CT molecular complexity index is 114. The predicted molar refractivity (Wildman–Crippen MR) is 46.3 cm³/mol. The Balaban J connectivity index is 0. The fraction of sp³-hybridized carbons (Fsp3) is 0.875.